The minimum atomic E-state index is -1.19. The quantitative estimate of drug-likeness (QED) is 0.760. The third-order valence-corrected chi connectivity index (χ3v) is 5.20. The van der Waals surface area contributed by atoms with Crippen LogP contribution in [0.15, 0.2) is 59.4 Å². The number of aromatic nitrogens is 2. The first-order valence-electron chi connectivity index (χ1n) is 8.07. The summed E-state index contributed by atoms with van der Waals surface area (Å²) in [6.45, 7) is 3.51. The van der Waals surface area contributed by atoms with Gasteiger partial charge < -0.3 is 4.90 Å². The van der Waals surface area contributed by atoms with E-state index in [0.717, 1.165) is 11.6 Å². The summed E-state index contributed by atoms with van der Waals surface area (Å²) in [5, 5.41) is 0.537. The normalized spacial score (nSPS) is 24.3. The van der Waals surface area contributed by atoms with Crippen molar-refractivity contribution in [3.8, 4) is 11.1 Å². The molecule has 26 heavy (non-hydrogen) atoms. The Bertz CT molecular complexity index is 985. The highest BCUT2D eigenvalue weighted by atomic mass is 35.5. The Morgan fingerprint density at radius 2 is 1.96 bits per heavy atom. The lowest BCUT2D eigenvalue weighted by Crippen LogP contribution is -2.50. The molecule has 2 atom stereocenters. The maximum atomic E-state index is 14.8. The van der Waals surface area contributed by atoms with Crippen LogP contribution in [0.3, 0.4) is 0 Å². The predicted octanol–water partition coefficient (Wildman–Crippen LogP) is 4.80. The summed E-state index contributed by atoms with van der Waals surface area (Å²) >= 11 is 6.38. The number of hydrogen-bond donors (Lipinski definition) is 0. The van der Waals surface area contributed by atoms with Crippen LogP contribution < -0.4 is 4.90 Å². The molecule has 2 aromatic rings. The van der Waals surface area contributed by atoms with Gasteiger partial charge in [0, 0.05) is 22.2 Å². The molecule has 0 N–H and O–H groups in total. The molecule has 7 heteroatoms. The highest BCUT2D eigenvalue weighted by Gasteiger charge is 2.49. The molecule has 132 valence electrons. The Hall–Kier alpha value is -2.60. The van der Waals surface area contributed by atoms with E-state index in [2.05, 4.69) is 15.0 Å². The SMILES string of the molecule is Cc1ncnc(N2C=NC3C=C(F)C=C(F)[C@]32C)c1-c1ccccc1Cl. The summed E-state index contributed by atoms with van der Waals surface area (Å²) in [7, 11) is 0. The Morgan fingerprint density at radius 1 is 1.19 bits per heavy atom. The minimum Gasteiger partial charge on any atom is -0.302 e. The Morgan fingerprint density at radius 3 is 2.73 bits per heavy atom. The van der Waals surface area contributed by atoms with E-state index >= 15 is 0 Å². The van der Waals surface area contributed by atoms with Crippen molar-refractivity contribution in [1.29, 1.82) is 0 Å². The van der Waals surface area contributed by atoms with Crippen molar-refractivity contribution < 1.29 is 8.78 Å². The van der Waals surface area contributed by atoms with Gasteiger partial charge in [0.15, 0.2) is 0 Å². The van der Waals surface area contributed by atoms with Gasteiger partial charge in [-0.2, -0.15) is 0 Å². The molecule has 0 saturated heterocycles. The highest BCUT2D eigenvalue weighted by molar-refractivity contribution is 6.33. The molecule has 1 aromatic heterocycles. The lowest BCUT2D eigenvalue weighted by Gasteiger charge is -2.38. The fourth-order valence-electron chi connectivity index (χ4n) is 3.37. The number of halogens is 3. The number of allylic oxidation sites excluding steroid dienone is 2. The average Bonchev–Trinajstić information content (AvgIpc) is 2.94. The third kappa shape index (κ3) is 2.36. The van der Waals surface area contributed by atoms with Crippen molar-refractivity contribution in [2.24, 2.45) is 4.99 Å². The molecule has 2 heterocycles. The molecule has 1 aliphatic heterocycles. The lowest BCUT2D eigenvalue weighted by atomic mass is 9.86. The van der Waals surface area contributed by atoms with E-state index in [1.165, 1.54) is 18.7 Å². The first-order valence-corrected chi connectivity index (χ1v) is 8.45. The second-order valence-electron chi connectivity index (χ2n) is 6.41. The van der Waals surface area contributed by atoms with Gasteiger partial charge in [-0.3, -0.25) is 4.99 Å². The number of aryl methyl sites for hydroxylation is 1. The van der Waals surface area contributed by atoms with E-state index in [1.807, 2.05) is 25.1 Å². The zero-order valence-corrected chi connectivity index (χ0v) is 14.9. The molecule has 0 amide bonds. The molecule has 0 bridgehead atoms. The molecule has 2 aliphatic rings. The summed E-state index contributed by atoms with van der Waals surface area (Å²) in [5.41, 5.74) is 0.941. The Kier molecular flexibility index (Phi) is 3.88. The molecule has 4 rings (SSSR count). The molecule has 0 spiro atoms. The second-order valence-corrected chi connectivity index (χ2v) is 6.82. The summed E-state index contributed by atoms with van der Waals surface area (Å²) in [6.07, 6.45) is 5.11. The van der Waals surface area contributed by atoms with Crippen LogP contribution >= 0.6 is 11.6 Å². The van der Waals surface area contributed by atoms with E-state index in [4.69, 9.17) is 11.6 Å². The number of aliphatic imine (C=N–C) groups is 1. The monoisotopic (exact) mass is 372 g/mol. The number of fused-ring (bicyclic) bond motifs is 1. The fourth-order valence-corrected chi connectivity index (χ4v) is 3.60. The van der Waals surface area contributed by atoms with E-state index < -0.39 is 23.2 Å². The van der Waals surface area contributed by atoms with E-state index in [-0.39, 0.29) is 0 Å². The van der Waals surface area contributed by atoms with Gasteiger partial charge in [-0.05, 0) is 26.0 Å². The molecule has 0 fully saturated rings. The van der Waals surface area contributed by atoms with Crippen LogP contribution in [0.25, 0.3) is 11.1 Å². The molecular formula is C19H15ClF2N4. The maximum Gasteiger partial charge on any atom is 0.146 e. The second kappa shape index (κ2) is 5.99. The van der Waals surface area contributed by atoms with Crippen LogP contribution in [0.5, 0.6) is 0 Å². The van der Waals surface area contributed by atoms with Gasteiger partial charge >= 0.3 is 0 Å². The summed E-state index contributed by atoms with van der Waals surface area (Å²) < 4.78 is 28.5. The largest absolute Gasteiger partial charge is 0.302 e. The zero-order valence-electron chi connectivity index (χ0n) is 14.1. The highest BCUT2D eigenvalue weighted by Crippen LogP contribution is 2.45. The van der Waals surface area contributed by atoms with Crippen molar-refractivity contribution >= 4 is 23.8 Å². The molecule has 0 radical (unpaired) electrons. The molecule has 1 aliphatic carbocycles. The number of anilines is 1. The van der Waals surface area contributed by atoms with Crippen LogP contribution in [-0.4, -0.2) is 27.9 Å². The summed E-state index contributed by atoms with van der Waals surface area (Å²) in [5.74, 6) is -0.769. The van der Waals surface area contributed by atoms with Crippen LogP contribution in [0.1, 0.15) is 12.6 Å². The van der Waals surface area contributed by atoms with Gasteiger partial charge in [-0.1, -0.05) is 29.8 Å². The van der Waals surface area contributed by atoms with Gasteiger partial charge in [-0.15, -0.1) is 0 Å². The number of hydrogen-bond acceptors (Lipinski definition) is 4. The minimum absolute atomic E-state index is 0.471. The average molecular weight is 373 g/mol. The molecule has 4 nitrogen and oxygen atoms in total. The van der Waals surface area contributed by atoms with E-state index in [9.17, 15) is 8.78 Å². The van der Waals surface area contributed by atoms with Crippen LogP contribution in [0.2, 0.25) is 5.02 Å². The van der Waals surface area contributed by atoms with Gasteiger partial charge in [0.25, 0.3) is 0 Å². The van der Waals surface area contributed by atoms with Crippen molar-refractivity contribution in [2.45, 2.75) is 25.4 Å². The van der Waals surface area contributed by atoms with Gasteiger partial charge in [0.05, 0.1) is 12.0 Å². The van der Waals surface area contributed by atoms with Crippen molar-refractivity contribution in [3.05, 3.63) is 65.1 Å². The first-order chi connectivity index (χ1) is 12.4. The van der Waals surface area contributed by atoms with Gasteiger partial charge in [-0.25, -0.2) is 18.7 Å². The summed E-state index contributed by atoms with van der Waals surface area (Å²) in [6, 6.07) is 6.64. The summed E-state index contributed by atoms with van der Waals surface area (Å²) in [4.78, 5) is 14.6. The van der Waals surface area contributed by atoms with Crippen molar-refractivity contribution in [2.75, 3.05) is 4.90 Å². The van der Waals surface area contributed by atoms with Gasteiger partial charge in [0.2, 0.25) is 0 Å². The van der Waals surface area contributed by atoms with Crippen LogP contribution in [-0.2, 0) is 0 Å². The molecule has 1 unspecified atom stereocenters. The van der Waals surface area contributed by atoms with Crippen molar-refractivity contribution in [3.63, 3.8) is 0 Å². The Labute approximate surface area is 154 Å². The number of rotatable bonds is 2. The molecular weight excluding hydrogens is 358 g/mol. The van der Waals surface area contributed by atoms with E-state index in [0.29, 0.717) is 22.1 Å². The molecule has 0 saturated carbocycles. The topological polar surface area (TPSA) is 41.4 Å². The zero-order chi connectivity index (χ0) is 18.5. The lowest BCUT2D eigenvalue weighted by molar-refractivity contribution is 0.395. The predicted molar refractivity (Wildman–Crippen MR) is 98.8 cm³/mol. The van der Waals surface area contributed by atoms with E-state index in [1.54, 1.807) is 17.9 Å². The fraction of sp³-hybridized carbons (Fsp3) is 0.211. The van der Waals surface area contributed by atoms with Crippen LogP contribution in [0, 0.1) is 6.92 Å². The maximum absolute atomic E-state index is 14.8. The standard InChI is InChI=1S/C19H15ClF2N4/c1-11-17(13-5-3-4-6-14(13)20)18(24-9-23-11)26-10-25-16-8-12(21)7-15(22)19(16,26)2/h3-10,16H,1-2H3/t16?,19-/m1/s1. The third-order valence-electron chi connectivity index (χ3n) is 4.87. The first kappa shape index (κ1) is 16.8. The Balaban J connectivity index is 1.91. The van der Waals surface area contributed by atoms with Crippen molar-refractivity contribution in [1.82, 2.24) is 9.97 Å². The number of nitrogens with zero attached hydrogens (tertiary/aromatic N) is 4. The smallest absolute Gasteiger partial charge is 0.146 e. The van der Waals surface area contributed by atoms with Gasteiger partial charge in [0.1, 0.15) is 35.4 Å². The number of benzene rings is 1. The molecule has 1 aromatic carbocycles. The van der Waals surface area contributed by atoms with Crippen LogP contribution in [0.4, 0.5) is 14.6 Å².